The summed E-state index contributed by atoms with van der Waals surface area (Å²) in [6.07, 6.45) is -0.631. The molecule has 6 nitrogen and oxygen atoms in total. The summed E-state index contributed by atoms with van der Waals surface area (Å²) in [5, 5.41) is 2.96. The van der Waals surface area contributed by atoms with Gasteiger partial charge in [-0.1, -0.05) is 43.7 Å². The highest BCUT2D eigenvalue weighted by Gasteiger charge is 2.19. The van der Waals surface area contributed by atoms with Gasteiger partial charge in [0.15, 0.2) is 6.10 Å². The lowest BCUT2D eigenvalue weighted by atomic mass is 10.2. The molecule has 0 aliphatic carbocycles. The highest BCUT2D eigenvalue weighted by molar-refractivity contribution is 5.94. The summed E-state index contributed by atoms with van der Waals surface area (Å²) in [7, 11) is 0. The average Bonchev–Trinajstić information content (AvgIpc) is 3.07. The van der Waals surface area contributed by atoms with Crippen LogP contribution in [0.1, 0.15) is 26.3 Å². The molecule has 1 N–H and O–H groups in total. The first-order chi connectivity index (χ1) is 14.0. The number of amides is 1. The topological polar surface area (TPSA) is 59.4 Å². The molecule has 1 amide bonds. The summed E-state index contributed by atoms with van der Waals surface area (Å²) in [5.74, 6) is 1.01. The first kappa shape index (κ1) is 20.9. The standard InChI is InChI=1S/C23H30N4O2/c1-5-26(6-2)15-16-27-21-10-8-7-9-20(21)24-23(27)25-22(28)18(4)29-19-13-11-17(3)12-14-19/h7-14,18H,5-6,15-16H2,1-4H3,(H,24,25,28). The summed E-state index contributed by atoms with van der Waals surface area (Å²) >= 11 is 0. The van der Waals surface area contributed by atoms with Crippen molar-refractivity contribution in [3.63, 3.8) is 0 Å². The number of aryl methyl sites for hydroxylation is 1. The van der Waals surface area contributed by atoms with Gasteiger partial charge in [-0.05, 0) is 51.2 Å². The minimum atomic E-state index is -0.631. The van der Waals surface area contributed by atoms with Crippen molar-refractivity contribution < 1.29 is 9.53 Å². The van der Waals surface area contributed by atoms with E-state index in [2.05, 4.69) is 33.6 Å². The van der Waals surface area contributed by atoms with E-state index >= 15 is 0 Å². The van der Waals surface area contributed by atoms with Gasteiger partial charge < -0.3 is 14.2 Å². The number of carbonyl (C=O) groups excluding carboxylic acids is 1. The van der Waals surface area contributed by atoms with E-state index in [1.165, 1.54) is 0 Å². The number of hydrogen-bond acceptors (Lipinski definition) is 4. The molecule has 1 heterocycles. The van der Waals surface area contributed by atoms with Crippen molar-refractivity contribution in [1.82, 2.24) is 14.5 Å². The molecule has 0 aliphatic heterocycles. The van der Waals surface area contributed by atoms with E-state index in [0.717, 1.165) is 42.8 Å². The zero-order valence-electron chi connectivity index (χ0n) is 17.7. The van der Waals surface area contributed by atoms with Crippen LogP contribution in [0.15, 0.2) is 48.5 Å². The molecule has 154 valence electrons. The highest BCUT2D eigenvalue weighted by Crippen LogP contribution is 2.20. The molecule has 0 bridgehead atoms. The lowest BCUT2D eigenvalue weighted by Gasteiger charge is -2.20. The number of hydrogen-bond donors (Lipinski definition) is 1. The fourth-order valence-corrected chi connectivity index (χ4v) is 3.26. The molecular weight excluding hydrogens is 364 g/mol. The molecule has 0 aliphatic rings. The predicted octanol–water partition coefficient (Wildman–Crippen LogP) is 4.09. The maximum absolute atomic E-state index is 12.8. The third-order valence-corrected chi connectivity index (χ3v) is 5.13. The van der Waals surface area contributed by atoms with Crippen molar-refractivity contribution in [3.05, 3.63) is 54.1 Å². The van der Waals surface area contributed by atoms with Crippen LogP contribution in [0, 0.1) is 6.92 Å². The number of carbonyl (C=O) groups is 1. The van der Waals surface area contributed by atoms with Crippen LogP contribution < -0.4 is 10.1 Å². The predicted molar refractivity (Wildman–Crippen MR) is 117 cm³/mol. The van der Waals surface area contributed by atoms with Gasteiger partial charge in [0.25, 0.3) is 5.91 Å². The van der Waals surface area contributed by atoms with Crippen LogP contribution in [-0.4, -0.2) is 46.1 Å². The second-order valence-electron chi connectivity index (χ2n) is 7.17. The number of nitrogens with one attached hydrogen (secondary N) is 1. The van der Waals surface area contributed by atoms with Crippen LogP contribution in [0.2, 0.25) is 0 Å². The number of para-hydroxylation sites is 2. The van der Waals surface area contributed by atoms with Crippen molar-refractivity contribution in [2.75, 3.05) is 25.0 Å². The van der Waals surface area contributed by atoms with E-state index < -0.39 is 6.10 Å². The highest BCUT2D eigenvalue weighted by atomic mass is 16.5. The normalized spacial score (nSPS) is 12.3. The molecule has 1 atom stereocenters. The molecule has 2 aromatic carbocycles. The van der Waals surface area contributed by atoms with E-state index in [4.69, 9.17) is 4.74 Å². The largest absolute Gasteiger partial charge is 0.481 e. The molecule has 0 radical (unpaired) electrons. The van der Waals surface area contributed by atoms with Crippen LogP contribution in [-0.2, 0) is 11.3 Å². The van der Waals surface area contributed by atoms with Crippen LogP contribution >= 0.6 is 0 Å². The fraction of sp³-hybridized carbons (Fsp3) is 0.391. The Kier molecular flexibility index (Phi) is 6.88. The molecule has 29 heavy (non-hydrogen) atoms. The van der Waals surface area contributed by atoms with Crippen molar-refractivity contribution in [1.29, 1.82) is 0 Å². The summed E-state index contributed by atoms with van der Waals surface area (Å²) in [6.45, 7) is 11.7. The number of anilines is 1. The number of benzene rings is 2. The maximum Gasteiger partial charge on any atom is 0.267 e. The molecule has 3 aromatic rings. The van der Waals surface area contributed by atoms with Gasteiger partial charge in [-0.15, -0.1) is 0 Å². The molecule has 0 spiro atoms. The van der Waals surface area contributed by atoms with Gasteiger partial charge in [-0.3, -0.25) is 10.1 Å². The van der Waals surface area contributed by atoms with E-state index in [1.807, 2.05) is 55.5 Å². The van der Waals surface area contributed by atoms with Crippen LogP contribution in [0.3, 0.4) is 0 Å². The van der Waals surface area contributed by atoms with Crippen LogP contribution in [0.4, 0.5) is 5.95 Å². The molecule has 0 saturated carbocycles. The minimum absolute atomic E-state index is 0.218. The Labute approximate surface area is 172 Å². The van der Waals surface area contributed by atoms with Crippen molar-refractivity contribution in [2.24, 2.45) is 0 Å². The van der Waals surface area contributed by atoms with Crippen LogP contribution in [0.25, 0.3) is 11.0 Å². The lowest BCUT2D eigenvalue weighted by Crippen LogP contribution is -2.32. The lowest BCUT2D eigenvalue weighted by molar-refractivity contribution is -0.122. The zero-order chi connectivity index (χ0) is 20.8. The number of aromatic nitrogens is 2. The van der Waals surface area contributed by atoms with Crippen LogP contribution in [0.5, 0.6) is 5.75 Å². The van der Waals surface area contributed by atoms with Crippen molar-refractivity contribution >= 4 is 22.9 Å². The van der Waals surface area contributed by atoms with Gasteiger partial charge in [-0.25, -0.2) is 4.98 Å². The number of fused-ring (bicyclic) bond motifs is 1. The number of rotatable bonds is 9. The fourth-order valence-electron chi connectivity index (χ4n) is 3.26. The number of ether oxygens (including phenoxy) is 1. The van der Waals surface area contributed by atoms with E-state index in [-0.39, 0.29) is 5.91 Å². The Morgan fingerprint density at radius 1 is 1.14 bits per heavy atom. The molecule has 1 aromatic heterocycles. The Hall–Kier alpha value is -2.86. The second kappa shape index (κ2) is 9.56. The third-order valence-electron chi connectivity index (χ3n) is 5.13. The molecule has 0 fully saturated rings. The van der Waals surface area contributed by atoms with Gasteiger partial charge >= 0.3 is 0 Å². The summed E-state index contributed by atoms with van der Waals surface area (Å²) in [5.41, 5.74) is 3.04. The van der Waals surface area contributed by atoms with Crippen molar-refractivity contribution in [2.45, 2.75) is 40.3 Å². The first-order valence-corrected chi connectivity index (χ1v) is 10.2. The Morgan fingerprint density at radius 3 is 2.52 bits per heavy atom. The quantitative estimate of drug-likeness (QED) is 0.594. The molecule has 6 heteroatoms. The number of imidazole rings is 1. The monoisotopic (exact) mass is 394 g/mol. The number of likely N-dealkylation sites (N-methyl/N-ethyl adjacent to an activating group) is 1. The Morgan fingerprint density at radius 2 is 1.83 bits per heavy atom. The second-order valence-corrected chi connectivity index (χ2v) is 7.17. The zero-order valence-corrected chi connectivity index (χ0v) is 17.7. The SMILES string of the molecule is CCN(CC)CCn1c(NC(=O)C(C)Oc2ccc(C)cc2)nc2ccccc21. The third kappa shape index (κ3) is 5.15. The van der Waals surface area contributed by atoms with E-state index in [0.29, 0.717) is 11.7 Å². The minimum Gasteiger partial charge on any atom is -0.481 e. The maximum atomic E-state index is 12.8. The van der Waals surface area contributed by atoms with Gasteiger partial charge in [0.1, 0.15) is 5.75 Å². The van der Waals surface area contributed by atoms with Gasteiger partial charge in [-0.2, -0.15) is 0 Å². The van der Waals surface area contributed by atoms with E-state index in [1.54, 1.807) is 6.92 Å². The van der Waals surface area contributed by atoms with Gasteiger partial charge in [0.05, 0.1) is 11.0 Å². The smallest absolute Gasteiger partial charge is 0.267 e. The molecular formula is C23H30N4O2. The van der Waals surface area contributed by atoms with Gasteiger partial charge in [0.2, 0.25) is 5.95 Å². The molecule has 1 unspecified atom stereocenters. The Bertz CT molecular complexity index is 945. The average molecular weight is 395 g/mol. The van der Waals surface area contributed by atoms with Gasteiger partial charge in [0, 0.05) is 13.1 Å². The Balaban J connectivity index is 1.76. The molecule has 0 saturated heterocycles. The number of nitrogens with zero attached hydrogens (tertiary/aromatic N) is 3. The first-order valence-electron chi connectivity index (χ1n) is 10.2. The summed E-state index contributed by atoms with van der Waals surface area (Å²) in [6, 6.07) is 15.6. The summed E-state index contributed by atoms with van der Waals surface area (Å²) < 4.78 is 7.87. The summed E-state index contributed by atoms with van der Waals surface area (Å²) in [4.78, 5) is 19.8. The van der Waals surface area contributed by atoms with Crippen molar-refractivity contribution in [3.8, 4) is 5.75 Å². The molecule has 3 rings (SSSR count). The van der Waals surface area contributed by atoms with E-state index in [9.17, 15) is 4.79 Å².